The van der Waals surface area contributed by atoms with Gasteiger partial charge in [0.1, 0.15) is 5.56 Å². The predicted octanol–water partition coefficient (Wildman–Crippen LogP) is 2.18. The minimum Gasteiger partial charge on any atom is -0.493 e. The van der Waals surface area contributed by atoms with Gasteiger partial charge in [-0.15, -0.1) is 0 Å². The summed E-state index contributed by atoms with van der Waals surface area (Å²) in [7, 11) is 1.45. The van der Waals surface area contributed by atoms with Crippen molar-refractivity contribution in [2.75, 3.05) is 7.11 Å². The normalized spacial score (nSPS) is 10.4. The summed E-state index contributed by atoms with van der Waals surface area (Å²) in [5.74, 6) is -0.877. The van der Waals surface area contributed by atoms with Gasteiger partial charge in [-0.05, 0) is 31.2 Å². The molecule has 1 heterocycles. The zero-order valence-electron chi connectivity index (χ0n) is 14.2. The average Bonchev–Trinajstić information content (AvgIpc) is 2.64. The van der Waals surface area contributed by atoms with Crippen molar-refractivity contribution in [3.63, 3.8) is 0 Å². The highest BCUT2D eigenvalue weighted by molar-refractivity contribution is 6.00. The van der Waals surface area contributed by atoms with Crippen LogP contribution >= 0.6 is 0 Å². The highest BCUT2D eigenvalue weighted by Gasteiger charge is 2.16. The molecule has 0 spiro atoms. The van der Waals surface area contributed by atoms with E-state index in [0.29, 0.717) is 16.7 Å². The average molecular weight is 352 g/mol. The zero-order valence-corrected chi connectivity index (χ0v) is 14.2. The third-order valence-corrected chi connectivity index (χ3v) is 3.76. The van der Waals surface area contributed by atoms with Crippen LogP contribution in [0.1, 0.15) is 26.3 Å². The van der Waals surface area contributed by atoms with Crippen molar-refractivity contribution >= 4 is 22.8 Å². The van der Waals surface area contributed by atoms with E-state index in [4.69, 9.17) is 9.15 Å². The van der Waals surface area contributed by atoms with E-state index in [-0.39, 0.29) is 11.1 Å². The number of carbonyl (C=O) groups excluding carboxylic acids is 2. The number of hydrazine groups is 1. The number of hydrogen-bond acceptors (Lipinski definition) is 5. The quantitative estimate of drug-likeness (QED) is 0.556. The van der Waals surface area contributed by atoms with Crippen molar-refractivity contribution in [3.05, 3.63) is 75.6 Å². The Balaban J connectivity index is 1.81. The van der Waals surface area contributed by atoms with Crippen molar-refractivity contribution in [3.8, 4) is 5.75 Å². The van der Waals surface area contributed by atoms with Gasteiger partial charge in [-0.2, -0.15) is 0 Å². The lowest BCUT2D eigenvalue weighted by Gasteiger charge is -2.08. The Kier molecular flexibility index (Phi) is 4.70. The third-order valence-electron chi connectivity index (χ3n) is 3.76. The molecule has 0 saturated heterocycles. The molecule has 26 heavy (non-hydrogen) atoms. The van der Waals surface area contributed by atoms with Gasteiger partial charge in [-0.1, -0.05) is 29.8 Å². The molecule has 132 valence electrons. The molecule has 7 nitrogen and oxygen atoms in total. The van der Waals surface area contributed by atoms with Crippen molar-refractivity contribution in [2.45, 2.75) is 6.92 Å². The summed E-state index contributed by atoms with van der Waals surface area (Å²) in [6.45, 7) is 1.85. The van der Waals surface area contributed by atoms with Crippen LogP contribution in [0.4, 0.5) is 0 Å². The van der Waals surface area contributed by atoms with Crippen molar-refractivity contribution < 1.29 is 18.7 Å². The topological polar surface area (TPSA) is 97.6 Å². The lowest BCUT2D eigenvalue weighted by atomic mass is 10.1. The van der Waals surface area contributed by atoms with Gasteiger partial charge in [0.05, 0.1) is 7.11 Å². The molecule has 0 aliphatic heterocycles. The fourth-order valence-electron chi connectivity index (χ4n) is 2.48. The van der Waals surface area contributed by atoms with Crippen molar-refractivity contribution in [1.82, 2.24) is 10.9 Å². The summed E-state index contributed by atoms with van der Waals surface area (Å²) in [5, 5.41) is 0.527. The first-order chi connectivity index (χ1) is 12.5. The Hall–Kier alpha value is -3.61. The number of fused-ring (bicyclic) bond motifs is 1. The predicted molar refractivity (Wildman–Crippen MR) is 95.1 cm³/mol. The summed E-state index contributed by atoms with van der Waals surface area (Å²) < 4.78 is 10.3. The monoisotopic (exact) mass is 352 g/mol. The lowest BCUT2D eigenvalue weighted by Crippen LogP contribution is -2.43. The molecule has 0 fully saturated rings. The first-order valence-electron chi connectivity index (χ1n) is 7.78. The minimum absolute atomic E-state index is 0.227. The SMILES string of the molecule is COc1cccc2cc(C(=O)NNC(=O)c3cccc(C)c3)c(=O)oc12. The van der Waals surface area contributed by atoms with Crippen molar-refractivity contribution in [1.29, 1.82) is 0 Å². The van der Waals surface area contributed by atoms with Crippen LogP contribution in [-0.4, -0.2) is 18.9 Å². The maximum Gasteiger partial charge on any atom is 0.349 e. The Morgan fingerprint density at radius 3 is 2.46 bits per heavy atom. The van der Waals surface area contributed by atoms with Crippen LogP contribution in [0.25, 0.3) is 11.0 Å². The van der Waals surface area contributed by atoms with E-state index in [2.05, 4.69) is 10.9 Å². The summed E-state index contributed by atoms with van der Waals surface area (Å²) in [4.78, 5) is 36.4. The second kappa shape index (κ2) is 7.10. The zero-order chi connectivity index (χ0) is 18.7. The third kappa shape index (κ3) is 3.41. The first-order valence-corrected chi connectivity index (χ1v) is 7.78. The molecule has 2 amide bonds. The van der Waals surface area contributed by atoms with Crippen LogP contribution in [0.5, 0.6) is 5.75 Å². The molecule has 0 bridgehead atoms. The molecule has 7 heteroatoms. The van der Waals surface area contributed by atoms with Crippen molar-refractivity contribution in [2.24, 2.45) is 0 Å². The van der Waals surface area contributed by atoms with Gasteiger partial charge in [0.2, 0.25) is 0 Å². The number of carbonyl (C=O) groups is 2. The van der Waals surface area contributed by atoms with Gasteiger partial charge >= 0.3 is 5.63 Å². The lowest BCUT2D eigenvalue weighted by molar-refractivity contribution is 0.0844. The van der Waals surface area contributed by atoms with Gasteiger partial charge < -0.3 is 9.15 Å². The molecule has 0 radical (unpaired) electrons. The second-order valence-electron chi connectivity index (χ2n) is 5.60. The molecule has 0 atom stereocenters. The maximum absolute atomic E-state index is 12.2. The van der Waals surface area contributed by atoms with Gasteiger partial charge in [-0.25, -0.2) is 4.79 Å². The first kappa shape index (κ1) is 17.2. The smallest absolute Gasteiger partial charge is 0.349 e. The summed E-state index contributed by atoms with van der Waals surface area (Å²) in [5.41, 5.74) is 4.99. The molecular weight excluding hydrogens is 336 g/mol. The van der Waals surface area contributed by atoms with E-state index in [1.807, 2.05) is 13.0 Å². The standard InChI is InChI=1S/C19H16N2O5/c1-11-5-3-7-13(9-11)17(22)20-21-18(23)14-10-12-6-4-8-15(25-2)16(12)26-19(14)24/h3-10H,1-2H3,(H,20,22)(H,21,23). The highest BCUT2D eigenvalue weighted by Crippen LogP contribution is 2.24. The van der Waals surface area contributed by atoms with Gasteiger partial charge in [-0.3, -0.25) is 20.4 Å². The van der Waals surface area contributed by atoms with Crippen LogP contribution in [0.2, 0.25) is 0 Å². The van der Waals surface area contributed by atoms with Gasteiger partial charge in [0.15, 0.2) is 11.3 Å². The van der Waals surface area contributed by atoms with E-state index >= 15 is 0 Å². The summed E-state index contributed by atoms with van der Waals surface area (Å²) in [6, 6.07) is 13.3. The number of rotatable bonds is 3. The Labute approximate surface area is 148 Å². The number of hydrogen-bond donors (Lipinski definition) is 2. The Bertz CT molecular complexity index is 1060. The number of nitrogens with one attached hydrogen (secondary N) is 2. The number of benzene rings is 2. The molecule has 2 aromatic carbocycles. The van der Waals surface area contributed by atoms with Crippen LogP contribution < -0.4 is 21.2 Å². The summed E-state index contributed by atoms with van der Waals surface area (Å²) >= 11 is 0. The van der Waals surface area contributed by atoms with E-state index in [9.17, 15) is 14.4 Å². The number of amides is 2. The van der Waals surface area contributed by atoms with Crippen LogP contribution in [0.15, 0.2) is 57.7 Å². The van der Waals surface area contributed by atoms with Crippen LogP contribution in [0.3, 0.4) is 0 Å². The minimum atomic E-state index is -0.829. The fourth-order valence-corrected chi connectivity index (χ4v) is 2.48. The fraction of sp³-hybridized carbons (Fsp3) is 0.105. The largest absolute Gasteiger partial charge is 0.493 e. The molecule has 2 N–H and O–H groups in total. The van der Waals surface area contributed by atoms with E-state index in [1.54, 1.807) is 36.4 Å². The summed E-state index contributed by atoms with van der Waals surface area (Å²) in [6.07, 6.45) is 0. The second-order valence-corrected chi connectivity index (χ2v) is 5.60. The molecule has 0 unspecified atom stereocenters. The Morgan fingerprint density at radius 1 is 1.00 bits per heavy atom. The van der Waals surface area contributed by atoms with Crippen LogP contribution in [-0.2, 0) is 0 Å². The highest BCUT2D eigenvalue weighted by atomic mass is 16.5. The molecule has 3 aromatic rings. The number of ether oxygens (including phenoxy) is 1. The van der Waals surface area contributed by atoms with E-state index in [0.717, 1.165) is 5.56 Å². The molecule has 0 saturated carbocycles. The molecule has 3 rings (SSSR count). The van der Waals surface area contributed by atoms with Gasteiger partial charge in [0, 0.05) is 10.9 Å². The molecule has 0 aliphatic carbocycles. The number of methoxy groups -OCH3 is 1. The molecule has 0 aliphatic rings. The van der Waals surface area contributed by atoms with E-state index in [1.165, 1.54) is 13.2 Å². The van der Waals surface area contributed by atoms with Gasteiger partial charge in [0.25, 0.3) is 11.8 Å². The van der Waals surface area contributed by atoms with E-state index < -0.39 is 17.4 Å². The number of para-hydroxylation sites is 1. The Morgan fingerprint density at radius 2 is 1.73 bits per heavy atom. The van der Waals surface area contributed by atoms with Crippen LogP contribution in [0, 0.1) is 6.92 Å². The maximum atomic E-state index is 12.2. The molecule has 1 aromatic heterocycles. The number of aryl methyl sites for hydroxylation is 1. The molecular formula is C19H16N2O5.